The van der Waals surface area contributed by atoms with Crippen molar-refractivity contribution in [3.63, 3.8) is 0 Å². The minimum Gasteiger partial charge on any atom is -0.377 e. The lowest BCUT2D eigenvalue weighted by molar-refractivity contribution is -0.0835. The second-order valence-electron chi connectivity index (χ2n) is 10.2. The first kappa shape index (κ1) is 26.4. The quantitative estimate of drug-likeness (QED) is 0.323. The van der Waals surface area contributed by atoms with Crippen LogP contribution in [-0.4, -0.2) is 55.8 Å². The number of piperidine rings is 1. The van der Waals surface area contributed by atoms with E-state index in [2.05, 4.69) is 78.6 Å². The first-order chi connectivity index (χ1) is 14.4. The summed E-state index contributed by atoms with van der Waals surface area (Å²) in [7, 11) is 1.88. The highest BCUT2D eigenvalue weighted by molar-refractivity contribution is 14.0. The topological polar surface area (TPSA) is 48.9 Å². The van der Waals surface area contributed by atoms with Crippen LogP contribution in [0.3, 0.4) is 0 Å². The van der Waals surface area contributed by atoms with Crippen LogP contribution >= 0.6 is 24.0 Å². The molecule has 3 rings (SSSR count). The zero-order valence-electron chi connectivity index (χ0n) is 20.1. The van der Waals surface area contributed by atoms with Crippen molar-refractivity contribution < 1.29 is 4.74 Å². The Morgan fingerprint density at radius 2 is 1.94 bits per heavy atom. The molecule has 4 unspecified atom stereocenters. The van der Waals surface area contributed by atoms with Gasteiger partial charge in [0.25, 0.3) is 0 Å². The first-order valence-electron chi connectivity index (χ1n) is 11.7. The molecule has 4 atom stereocenters. The molecule has 2 aliphatic heterocycles. The number of ether oxygens (including phenoxy) is 1. The number of nitrogens with one attached hydrogen (secondary N) is 2. The smallest absolute Gasteiger partial charge is 0.191 e. The highest BCUT2D eigenvalue weighted by Crippen LogP contribution is 2.33. The number of nitrogens with zero attached hydrogens (tertiary/aromatic N) is 2. The van der Waals surface area contributed by atoms with Crippen LogP contribution in [0.4, 0.5) is 0 Å². The van der Waals surface area contributed by atoms with Crippen molar-refractivity contribution in [3.8, 4) is 0 Å². The molecule has 0 aromatic heterocycles. The summed E-state index contributed by atoms with van der Waals surface area (Å²) in [6, 6.07) is 11.8. The maximum Gasteiger partial charge on any atom is 0.191 e. The number of rotatable bonds is 5. The maximum absolute atomic E-state index is 6.14. The summed E-state index contributed by atoms with van der Waals surface area (Å²) in [5, 5.41) is 7.28. The molecule has 0 radical (unpaired) electrons. The summed E-state index contributed by atoms with van der Waals surface area (Å²) < 4.78 is 6.14. The Balaban J connectivity index is 0.00000341. The third kappa shape index (κ3) is 7.90. The van der Waals surface area contributed by atoms with Gasteiger partial charge in [-0.2, -0.15) is 0 Å². The van der Waals surface area contributed by atoms with Crippen molar-refractivity contribution in [3.05, 3.63) is 35.9 Å². The fraction of sp³-hybridized carbons (Fsp3) is 0.720. The number of hydrogen-bond donors (Lipinski definition) is 2. The Morgan fingerprint density at radius 1 is 1.19 bits per heavy atom. The highest BCUT2D eigenvalue weighted by atomic mass is 127. The standard InChI is InChI=1S/C25H42N4O.HI/c1-19-16-22(13-14-29(19)18-20-10-7-6-8-11-20)28-24(26-5)27-17-21-12-9-15-30-23(21)25(2,3)4;/h6-8,10-11,19,21-23H,9,12-18H2,1-5H3,(H2,26,27,28);1H. The van der Waals surface area contributed by atoms with Crippen LogP contribution in [-0.2, 0) is 11.3 Å². The van der Waals surface area contributed by atoms with Gasteiger partial charge < -0.3 is 15.4 Å². The van der Waals surface area contributed by atoms with E-state index in [1.54, 1.807) is 0 Å². The Hall–Kier alpha value is -0.860. The molecular weight excluding hydrogens is 499 g/mol. The fourth-order valence-corrected chi connectivity index (χ4v) is 5.03. The molecule has 5 nitrogen and oxygen atoms in total. The van der Waals surface area contributed by atoms with Crippen LogP contribution in [0.1, 0.15) is 58.9 Å². The number of hydrogen-bond acceptors (Lipinski definition) is 3. The van der Waals surface area contributed by atoms with Gasteiger partial charge in [-0.3, -0.25) is 9.89 Å². The summed E-state index contributed by atoms with van der Waals surface area (Å²) in [6.07, 6.45) is 4.97. The number of likely N-dealkylation sites (tertiary alicyclic amines) is 1. The van der Waals surface area contributed by atoms with Crippen molar-refractivity contribution in [2.75, 3.05) is 26.7 Å². The average Bonchev–Trinajstić information content (AvgIpc) is 2.73. The van der Waals surface area contributed by atoms with Gasteiger partial charge in [-0.1, -0.05) is 51.1 Å². The molecule has 2 aliphatic rings. The monoisotopic (exact) mass is 542 g/mol. The Bertz CT molecular complexity index is 676. The van der Waals surface area contributed by atoms with Crippen molar-refractivity contribution in [1.82, 2.24) is 15.5 Å². The minimum absolute atomic E-state index is 0. The molecule has 2 saturated heterocycles. The lowest BCUT2D eigenvalue weighted by Gasteiger charge is -2.41. The lowest BCUT2D eigenvalue weighted by atomic mass is 9.78. The van der Waals surface area contributed by atoms with E-state index in [0.717, 1.165) is 51.5 Å². The van der Waals surface area contributed by atoms with E-state index in [4.69, 9.17) is 4.74 Å². The summed E-state index contributed by atoms with van der Waals surface area (Å²) in [4.78, 5) is 7.10. The lowest BCUT2D eigenvalue weighted by Crippen LogP contribution is -2.53. The van der Waals surface area contributed by atoms with E-state index in [9.17, 15) is 0 Å². The molecule has 0 amide bonds. The van der Waals surface area contributed by atoms with Gasteiger partial charge >= 0.3 is 0 Å². The second kappa shape index (κ2) is 12.4. The molecule has 0 saturated carbocycles. The van der Waals surface area contributed by atoms with Gasteiger partial charge in [0.15, 0.2) is 5.96 Å². The molecule has 2 fully saturated rings. The molecule has 2 heterocycles. The molecule has 176 valence electrons. The highest BCUT2D eigenvalue weighted by Gasteiger charge is 2.35. The first-order valence-corrected chi connectivity index (χ1v) is 11.7. The van der Waals surface area contributed by atoms with Crippen molar-refractivity contribution in [2.24, 2.45) is 16.3 Å². The predicted molar refractivity (Wildman–Crippen MR) is 141 cm³/mol. The van der Waals surface area contributed by atoms with Gasteiger partial charge in [-0.25, -0.2) is 0 Å². The van der Waals surface area contributed by atoms with Crippen molar-refractivity contribution in [2.45, 2.75) is 78.1 Å². The zero-order chi connectivity index (χ0) is 21.6. The molecule has 1 aromatic carbocycles. The third-order valence-electron chi connectivity index (χ3n) is 6.64. The Labute approximate surface area is 206 Å². The van der Waals surface area contributed by atoms with Crippen LogP contribution in [0.25, 0.3) is 0 Å². The summed E-state index contributed by atoms with van der Waals surface area (Å²) in [6.45, 7) is 13.2. The van der Waals surface area contributed by atoms with Gasteiger partial charge in [-0.15, -0.1) is 24.0 Å². The summed E-state index contributed by atoms with van der Waals surface area (Å²) >= 11 is 0. The molecular formula is C25H43IN4O. The molecule has 0 aliphatic carbocycles. The van der Waals surface area contributed by atoms with E-state index in [1.807, 2.05) is 7.05 Å². The largest absolute Gasteiger partial charge is 0.377 e. The van der Waals surface area contributed by atoms with Crippen LogP contribution < -0.4 is 10.6 Å². The van der Waals surface area contributed by atoms with Crippen LogP contribution in [0, 0.1) is 11.3 Å². The molecule has 6 heteroatoms. The van der Waals surface area contributed by atoms with E-state index >= 15 is 0 Å². The third-order valence-corrected chi connectivity index (χ3v) is 6.64. The van der Waals surface area contributed by atoms with Gasteiger partial charge in [0, 0.05) is 51.3 Å². The van der Waals surface area contributed by atoms with E-state index in [0.29, 0.717) is 24.1 Å². The van der Waals surface area contributed by atoms with Gasteiger partial charge in [0.05, 0.1) is 6.10 Å². The number of aliphatic imine (C=N–C) groups is 1. The van der Waals surface area contributed by atoms with E-state index in [-0.39, 0.29) is 29.4 Å². The minimum atomic E-state index is 0. The van der Waals surface area contributed by atoms with Gasteiger partial charge in [0.1, 0.15) is 0 Å². The fourth-order valence-electron chi connectivity index (χ4n) is 5.03. The number of benzene rings is 1. The SMILES string of the molecule is CN=C(NCC1CCCOC1C(C)(C)C)NC1CCN(Cc2ccccc2)C(C)C1.I. The number of guanidine groups is 1. The normalized spacial score (nSPS) is 28.0. The molecule has 0 bridgehead atoms. The molecule has 0 spiro atoms. The Morgan fingerprint density at radius 3 is 2.58 bits per heavy atom. The van der Waals surface area contributed by atoms with Crippen molar-refractivity contribution >= 4 is 29.9 Å². The Kier molecular flexibility index (Phi) is 10.6. The van der Waals surface area contributed by atoms with E-state index in [1.165, 1.54) is 12.0 Å². The second-order valence-corrected chi connectivity index (χ2v) is 10.2. The van der Waals surface area contributed by atoms with Crippen LogP contribution in [0.5, 0.6) is 0 Å². The average molecular weight is 543 g/mol. The number of halogens is 1. The maximum atomic E-state index is 6.14. The van der Waals surface area contributed by atoms with Crippen LogP contribution in [0.15, 0.2) is 35.3 Å². The zero-order valence-corrected chi connectivity index (χ0v) is 22.4. The van der Waals surface area contributed by atoms with E-state index < -0.39 is 0 Å². The van der Waals surface area contributed by atoms with Crippen LogP contribution in [0.2, 0.25) is 0 Å². The predicted octanol–water partition coefficient (Wildman–Crippen LogP) is 4.66. The summed E-state index contributed by atoms with van der Waals surface area (Å²) in [5.74, 6) is 1.46. The molecule has 1 aromatic rings. The van der Waals surface area contributed by atoms with Gasteiger partial charge in [-0.05, 0) is 43.6 Å². The molecule has 31 heavy (non-hydrogen) atoms. The van der Waals surface area contributed by atoms with Gasteiger partial charge in [0.2, 0.25) is 0 Å². The van der Waals surface area contributed by atoms with Crippen molar-refractivity contribution in [1.29, 1.82) is 0 Å². The summed E-state index contributed by atoms with van der Waals surface area (Å²) in [5.41, 5.74) is 1.57. The molecule has 2 N–H and O–H groups in total.